The van der Waals surface area contributed by atoms with Gasteiger partial charge in [-0.15, -0.1) is 0 Å². The van der Waals surface area contributed by atoms with Gasteiger partial charge in [0, 0.05) is 19.1 Å². The lowest BCUT2D eigenvalue weighted by Crippen LogP contribution is -2.23. The van der Waals surface area contributed by atoms with Crippen molar-refractivity contribution in [1.82, 2.24) is 0 Å². The number of hydrogen-bond acceptors (Lipinski definition) is 3. The molecule has 1 aromatic rings. The Morgan fingerprint density at radius 1 is 1.35 bits per heavy atom. The van der Waals surface area contributed by atoms with Crippen molar-refractivity contribution in [3.05, 3.63) is 23.8 Å². The Labute approximate surface area is 104 Å². The van der Waals surface area contributed by atoms with Gasteiger partial charge in [-0.05, 0) is 30.5 Å². The normalized spacial score (nSPS) is 12.6. The zero-order valence-corrected chi connectivity index (χ0v) is 11.2. The zero-order valence-electron chi connectivity index (χ0n) is 11.2. The minimum atomic E-state index is 0.207. The summed E-state index contributed by atoms with van der Waals surface area (Å²) in [6.45, 7) is 7.26. The lowest BCUT2D eigenvalue weighted by molar-refractivity contribution is 0.198. The molecule has 17 heavy (non-hydrogen) atoms. The molecule has 2 N–H and O–H groups in total. The lowest BCUT2D eigenvalue weighted by atomic mass is 9.97. The molecule has 0 bridgehead atoms. The minimum absolute atomic E-state index is 0.207. The van der Waals surface area contributed by atoms with Crippen molar-refractivity contribution in [3.8, 4) is 5.75 Å². The highest BCUT2D eigenvalue weighted by Crippen LogP contribution is 2.25. The number of aliphatic hydroxyl groups excluding tert-OH is 1. The number of aliphatic hydroxyl groups is 1. The maximum atomic E-state index is 9.28. The van der Waals surface area contributed by atoms with Gasteiger partial charge < -0.3 is 15.2 Å². The van der Waals surface area contributed by atoms with E-state index >= 15 is 0 Å². The van der Waals surface area contributed by atoms with Crippen LogP contribution in [-0.4, -0.2) is 25.4 Å². The quantitative estimate of drug-likeness (QED) is 0.799. The summed E-state index contributed by atoms with van der Waals surface area (Å²) in [6.07, 6.45) is 0. The van der Waals surface area contributed by atoms with Gasteiger partial charge in [-0.2, -0.15) is 0 Å². The van der Waals surface area contributed by atoms with Crippen LogP contribution in [0.2, 0.25) is 0 Å². The first-order valence-electron chi connectivity index (χ1n) is 6.07. The number of nitrogens with one attached hydrogen (secondary N) is 1. The fourth-order valence-corrected chi connectivity index (χ4v) is 1.71. The van der Waals surface area contributed by atoms with E-state index < -0.39 is 0 Å². The van der Waals surface area contributed by atoms with Crippen molar-refractivity contribution in [3.63, 3.8) is 0 Å². The molecular weight excluding hydrogens is 214 g/mol. The third-order valence-corrected chi connectivity index (χ3v) is 3.09. The predicted octanol–water partition coefficient (Wildman–Crippen LogP) is 2.68. The van der Waals surface area contributed by atoms with Crippen LogP contribution in [0, 0.1) is 18.8 Å². The second-order valence-corrected chi connectivity index (χ2v) is 4.77. The zero-order chi connectivity index (χ0) is 12.8. The number of aryl methyl sites for hydroxylation is 1. The number of anilines is 1. The topological polar surface area (TPSA) is 41.5 Å². The summed E-state index contributed by atoms with van der Waals surface area (Å²) >= 11 is 0. The van der Waals surface area contributed by atoms with E-state index in [2.05, 4.69) is 32.2 Å². The molecule has 1 aromatic carbocycles. The summed E-state index contributed by atoms with van der Waals surface area (Å²) in [5, 5.41) is 12.6. The summed E-state index contributed by atoms with van der Waals surface area (Å²) in [4.78, 5) is 0. The summed E-state index contributed by atoms with van der Waals surface area (Å²) in [5.74, 6) is 1.57. The highest BCUT2D eigenvalue weighted by atomic mass is 16.5. The second-order valence-electron chi connectivity index (χ2n) is 4.77. The number of ether oxygens (including phenoxy) is 1. The van der Waals surface area contributed by atoms with Crippen molar-refractivity contribution in [2.75, 3.05) is 25.6 Å². The summed E-state index contributed by atoms with van der Waals surface area (Å²) in [6, 6.07) is 6.05. The van der Waals surface area contributed by atoms with Crippen LogP contribution in [0.4, 0.5) is 5.69 Å². The Kier molecular flexibility index (Phi) is 5.29. The van der Waals surface area contributed by atoms with Crippen LogP contribution in [0.5, 0.6) is 5.75 Å². The van der Waals surface area contributed by atoms with Gasteiger partial charge in [0.2, 0.25) is 0 Å². The van der Waals surface area contributed by atoms with Crippen LogP contribution < -0.4 is 10.1 Å². The van der Waals surface area contributed by atoms with Crippen LogP contribution in [0.3, 0.4) is 0 Å². The van der Waals surface area contributed by atoms with Crippen LogP contribution in [-0.2, 0) is 0 Å². The van der Waals surface area contributed by atoms with E-state index in [1.807, 2.05) is 12.1 Å². The molecule has 1 atom stereocenters. The van der Waals surface area contributed by atoms with E-state index in [9.17, 15) is 5.11 Å². The van der Waals surface area contributed by atoms with Crippen molar-refractivity contribution >= 4 is 5.69 Å². The smallest absolute Gasteiger partial charge is 0.141 e. The molecule has 0 saturated heterocycles. The SMILES string of the molecule is COc1ccc(C)cc1NCC(CO)C(C)C. The Balaban J connectivity index is 2.70. The van der Waals surface area contributed by atoms with Gasteiger partial charge in [0.05, 0.1) is 12.8 Å². The average molecular weight is 237 g/mol. The van der Waals surface area contributed by atoms with Crippen molar-refractivity contribution < 1.29 is 9.84 Å². The molecule has 0 fully saturated rings. The molecule has 3 nitrogen and oxygen atoms in total. The standard InChI is InChI=1S/C14H23NO2/c1-10(2)12(9-16)8-15-13-7-11(3)5-6-14(13)17-4/h5-7,10,12,15-16H,8-9H2,1-4H3. The molecular formula is C14H23NO2. The fraction of sp³-hybridized carbons (Fsp3) is 0.571. The number of benzene rings is 1. The first kappa shape index (κ1) is 13.8. The van der Waals surface area contributed by atoms with Gasteiger partial charge >= 0.3 is 0 Å². The molecule has 0 aliphatic heterocycles. The Bertz CT molecular complexity index is 350. The van der Waals surface area contributed by atoms with E-state index in [4.69, 9.17) is 4.74 Å². The van der Waals surface area contributed by atoms with Gasteiger partial charge in [0.1, 0.15) is 5.75 Å². The van der Waals surface area contributed by atoms with Gasteiger partial charge in [0.25, 0.3) is 0 Å². The molecule has 0 amide bonds. The van der Waals surface area contributed by atoms with Crippen LogP contribution in [0.15, 0.2) is 18.2 Å². The van der Waals surface area contributed by atoms with Gasteiger partial charge in [0.15, 0.2) is 0 Å². The van der Waals surface area contributed by atoms with Crippen LogP contribution in [0.25, 0.3) is 0 Å². The van der Waals surface area contributed by atoms with E-state index in [0.29, 0.717) is 5.92 Å². The molecule has 0 aliphatic carbocycles. The van der Waals surface area contributed by atoms with E-state index in [0.717, 1.165) is 18.0 Å². The van der Waals surface area contributed by atoms with Crippen molar-refractivity contribution in [2.45, 2.75) is 20.8 Å². The van der Waals surface area contributed by atoms with E-state index in [-0.39, 0.29) is 12.5 Å². The molecule has 1 rings (SSSR count). The monoisotopic (exact) mass is 237 g/mol. The summed E-state index contributed by atoms with van der Waals surface area (Å²) < 4.78 is 5.30. The van der Waals surface area contributed by atoms with Crippen LogP contribution in [0.1, 0.15) is 19.4 Å². The lowest BCUT2D eigenvalue weighted by Gasteiger charge is -2.20. The first-order valence-corrected chi connectivity index (χ1v) is 6.07. The third-order valence-electron chi connectivity index (χ3n) is 3.09. The molecule has 0 aromatic heterocycles. The average Bonchev–Trinajstić information content (AvgIpc) is 2.29. The largest absolute Gasteiger partial charge is 0.495 e. The van der Waals surface area contributed by atoms with Gasteiger partial charge in [-0.1, -0.05) is 19.9 Å². The van der Waals surface area contributed by atoms with Crippen LogP contribution >= 0.6 is 0 Å². The van der Waals surface area contributed by atoms with E-state index in [1.165, 1.54) is 5.56 Å². The number of rotatable bonds is 6. The Morgan fingerprint density at radius 3 is 2.59 bits per heavy atom. The molecule has 0 spiro atoms. The molecule has 96 valence electrons. The molecule has 0 radical (unpaired) electrons. The van der Waals surface area contributed by atoms with Crippen molar-refractivity contribution in [2.24, 2.45) is 11.8 Å². The third kappa shape index (κ3) is 3.93. The first-order chi connectivity index (χ1) is 8.08. The fourth-order valence-electron chi connectivity index (χ4n) is 1.71. The molecule has 0 saturated carbocycles. The molecule has 0 heterocycles. The highest BCUT2D eigenvalue weighted by Gasteiger charge is 2.12. The molecule has 0 aliphatic rings. The highest BCUT2D eigenvalue weighted by molar-refractivity contribution is 5.57. The second kappa shape index (κ2) is 6.50. The molecule has 3 heteroatoms. The predicted molar refractivity (Wildman–Crippen MR) is 71.6 cm³/mol. The summed E-state index contributed by atoms with van der Waals surface area (Å²) in [5.41, 5.74) is 2.19. The minimum Gasteiger partial charge on any atom is -0.495 e. The Hall–Kier alpha value is -1.22. The number of hydrogen-bond donors (Lipinski definition) is 2. The van der Waals surface area contributed by atoms with Gasteiger partial charge in [-0.25, -0.2) is 0 Å². The number of methoxy groups -OCH3 is 1. The molecule has 1 unspecified atom stereocenters. The van der Waals surface area contributed by atoms with E-state index in [1.54, 1.807) is 7.11 Å². The summed E-state index contributed by atoms with van der Waals surface area (Å²) in [7, 11) is 1.67. The van der Waals surface area contributed by atoms with Crippen molar-refractivity contribution in [1.29, 1.82) is 0 Å². The van der Waals surface area contributed by atoms with Gasteiger partial charge in [-0.3, -0.25) is 0 Å². The maximum Gasteiger partial charge on any atom is 0.141 e. The maximum absolute atomic E-state index is 9.28. The Morgan fingerprint density at radius 2 is 2.06 bits per heavy atom.